The van der Waals surface area contributed by atoms with Crippen LogP contribution in [0, 0.1) is 11.8 Å². The van der Waals surface area contributed by atoms with Crippen molar-refractivity contribution in [2.75, 3.05) is 0 Å². The number of hydrogen-bond acceptors (Lipinski definition) is 8. The van der Waals surface area contributed by atoms with Crippen molar-refractivity contribution in [1.29, 1.82) is 0 Å². The van der Waals surface area contributed by atoms with Crippen molar-refractivity contribution in [2.45, 2.75) is 92.2 Å². The van der Waals surface area contributed by atoms with Crippen LogP contribution in [0.2, 0.25) is 0 Å². The molecule has 1 aliphatic rings. The zero-order chi connectivity index (χ0) is 30.2. The monoisotopic (exact) mass is 611 g/mol. The van der Waals surface area contributed by atoms with Crippen LogP contribution >= 0.6 is 0 Å². The first-order chi connectivity index (χ1) is 18.8. The molecular weight excluding hydrogens is 567 g/mol. The van der Waals surface area contributed by atoms with E-state index in [4.69, 9.17) is 29.8 Å². The normalized spacial score (nSPS) is 16.5. The maximum Gasteiger partial charge on any atom is 2.00 e. The maximum atomic E-state index is 10.2. The van der Waals surface area contributed by atoms with E-state index in [-0.39, 0.29) is 40.4 Å². The summed E-state index contributed by atoms with van der Waals surface area (Å²) in [5, 5.41) is 38.2. The molecule has 0 heterocycles. The Labute approximate surface area is 254 Å². The number of aliphatic carboxylic acids is 2. The number of carboxylic acid groups (broad SMARTS) is 2. The van der Waals surface area contributed by atoms with Gasteiger partial charge >= 0.3 is 16.8 Å². The molecule has 1 aliphatic carbocycles. The second kappa shape index (κ2) is 19.8. The summed E-state index contributed by atoms with van der Waals surface area (Å²) in [7, 11) is 0. The Hall–Kier alpha value is -3.17. The average molecular weight is 612 g/mol. The van der Waals surface area contributed by atoms with Crippen molar-refractivity contribution in [2.24, 2.45) is 21.8 Å². The Morgan fingerprint density at radius 2 is 1.15 bits per heavy atom. The van der Waals surface area contributed by atoms with Gasteiger partial charge in [0.1, 0.15) is 11.5 Å². The molecule has 2 aromatic carbocycles. The molecule has 41 heavy (non-hydrogen) atoms. The second-order valence-electron chi connectivity index (χ2n) is 11.0. The molecule has 9 heteroatoms. The van der Waals surface area contributed by atoms with E-state index in [1.54, 1.807) is 12.1 Å². The van der Waals surface area contributed by atoms with E-state index in [1.807, 2.05) is 36.7 Å². The third-order valence-corrected chi connectivity index (χ3v) is 5.94. The fourth-order valence-electron chi connectivity index (χ4n) is 4.39. The molecule has 2 atom stereocenters. The number of phenols is 2. The van der Waals surface area contributed by atoms with E-state index in [0.29, 0.717) is 11.8 Å². The van der Waals surface area contributed by atoms with Crippen LogP contribution in [0.3, 0.4) is 0 Å². The molecule has 3 rings (SSSR count). The molecule has 1 saturated carbocycles. The summed E-state index contributed by atoms with van der Waals surface area (Å²) < 4.78 is 0. The van der Waals surface area contributed by atoms with Gasteiger partial charge in [-0.1, -0.05) is 39.8 Å². The zero-order valence-electron chi connectivity index (χ0n) is 24.9. The van der Waals surface area contributed by atoms with Gasteiger partial charge in [-0.05, 0) is 99.6 Å². The predicted molar refractivity (Wildman–Crippen MR) is 156 cm³/mol. The van der Waals surface area contributed by atoms with Crippen molar-refractivity contribution in [3.8, 4) is 11.5 Å². The van der Waals surface area contributed by atoms with Crippen molar-refractivity contribution in [3.05, 3.63) is 58.7 Å². The second-order valence-corrected chi connectivity index (χ2v) is 11.0. The van der Waals surface area contributed by atoms with E-state index < -0.39 is 11.9 Å². The summed E-state index contributed by atoms with van der Waals surface area (Å²) in [5.74, 6) is -0.453. The van der Waals surface area contributed by atoms with Gasteiger partial charge in [-0.3, -0.25) is 9.98 Å². The molecule has 0 spiro atoms. The molecule has 2 aromatic rings. The van der Waals surface area contributed by atoms with Crippen LogP contribution in [0.1, 0.15) is 89.5 Å². The van der Waals surface area contributed by atoms with Crippen LogP contribution in [0.25, 0.3) is 0 Å². The summed E-state index contributed by atoms with van der Waals surface area (Å²) in [6, 6.07) is 12.0. The van der Waals surface area contributed by atoms with E-state index in [9.17, 15) is 10.2 Å². The third-order valence-electron chi connectivity index (χ3n) is 5.94. The van der Waals surface area contributed by atoms with Crippen molar-refractivity contribution in [3.63, 3.8) is 0 Å². The van der Waals surface area contributed by atoms with Gasteiger partial charge in [-0.15, -0.1) is 0 Å². The summed E-state index contributed by atoms with van der Waals surface area (Å²) in [5.41, 5.74) is 4.04. The minimum atomic E-state index is -1.08. The number of aliphatic imine (C=N–C) groups is 2. The molecule has 0 amide bonds. The minimum absolute atomic E-state index is 0. The molecule has 0 aliphatic heterocycles. The number of benzene rings is 2. The average Bonchev–Trinajstić information content (AvgIpc) is 2.83. The summed E-state index contributed by atoms with van der Waals surface area (Å²) >= 11 is 0. The molecule has 0 aromatic heterocycles. The van der Waals surface area contributed by atoms with Crippen LogP contribution in [0.15, 0.2) is 46.4 Å². The van der Waals surface area contributed by atoms with Crippen molar-refractivity contribution in [1.82, 2.24) is 0 Å². The Kier molecular flexibility index (Phi) is 18.3. The number of carbonyl (C=O) groups excluding carboxylic acids is 2. The number of carbonyl (C=O) groups is 2. The molecule has 8 nitrogen and oxygen atoms in total. The number of nitrogens with zero attached hydrogens (tertiary/aromatic N) is 2. The van der Waals surface area contributed by atoms with E-state index in [1.165, 1.54) is 11.1 Å². The van der Waals surface area contributed by atoms with Crippen LogP contribution < -0.4 is 10.2 Å². The molecule has 1 fully saturated rings. The largest absolute Gasteiger partial charge is 2.00 e. The number of carboxylic acids is 2. The maximum absolute atomic E-state index is 10.2. The number of hydrogen-bond donors (Lipinski definition) is 2. The van der Waals surface area contributed by atoms with E-state index >= 15 is 0 Å². The molecule has 2 unspecified atom stereocenters. The Balaban J connectivity index is 0.00000158. The van der Waals surface area contributed by atoms with Gasteiger partial charge in [0, 0.05) is 35.5 Å². The van der Waals surface area contributed by atoms with Gasteiger partial charge in [-0.2, -0.15) is 0 Å². The van der Waals surface area contributed by atoms with Gasteiger partial charge in [-0.25, -0.2) is 0 Å². The van der Waals surface area contributed by atoms with E-state index in [0.717, 1.165) is 63.5 Å². The summed E-state index contributed by atoms with van der Waals surface area (Å²) in [4.78, 5) is 27.4. The number of rotatable bonds is 8. The van der Waals surface area contributed by atoms with Gasteiger partial charge in [0.2, 0.25) is 0 Å². The fourth-order valence-corrected chi connectivity index (χ4v) is 4.39. The van der Waals surface area contributed by atoms with Crippen LogP contribution in [0.5, 0.6) is 11.5 Å². The van der Waals surface area contributed by atoms with Gasteiger partial charge in [0.25, 0.3) is 0 Å². The Bertz CT molecular complexity index is 1050. The molecular formula is C32H44CoN2O6. The van der Waals surface area contributed by atoms with Crippen molar-refractivity contribution >= 4 is 24.4 Å². The smallest absolute Gasteiger partial charge is 0.550 e. The Morgan fingerprint density at radius 1 is 0.805 bits per heavy atom. The minimum Gasteiger partial charge on any atom is -0.550 e. The third kappa shape index (κ3) is 17.3. The number of phenolic OH excluding ortho intramolecular Hbond substituents is 2. The first kappa shape index (κ1) is 37.8. The van der Waals surface area contributed by atoms with Crippen LogP contribution in [0.4, 0.5) is 0 Å². The molecule has 2 N–H and O–H groups in total. The standard InChI is InChI=1S/C28H38N2O2.2C2H4O2.Co/c1-19(2)12-21-8-10-27(31)23(14-21)17-29-25-6-5-7-26(16-25)30-18-24-15-22(13-20(3)4)9-11-28(24)32;2*1-2(3)4;/h8-11,14-15,17-20,25-26,31-32H,5-7,12-13,16H2,1-4H3;2*1H3,(H,3,4);/q;;;+2/p-2. The molecule has 1 radical (unpaired) electrons. The first-order valence-corrected chi connectivity index (χ1v) is 13.8. The zero-order valence-corrected chi connectivity index (χ0v) is 26.0. The first-order valence-electron chi connectivity index (χ1n) is 13.8. The number of aromatic hydroxyl groups is 2. The van der Waals surface area contributed by atoms with Crippen LogP contribution in [-0.2, 0) is 39.2 Å². The molecule has 227 valence electrons. The van der Waals surface area contributed by atoms with Crippen molar-refractivity contribution < 1.29 is 46.8 Å². The van der Waals surface area contributed by atoms with Gasteiger partial charge < -0.3 is 30.0 Å². The molecule has 0 bridgehead atoms. The fraction of sp³-hybridized carbons (Fsp3) is 0.500. The summed E-state index contributed by atoms with van der Waals surface area (Å²) in [6.07, 6.45) is 9.72. The summed E-state index contributed by atoms with van der Waals surface area (Å²) in [6.45, 7) is 10.7. The predicted octanol–water partition coefficient (Wildman–Crippen LogP) is 3.85. The van der Waals surface area contributed by atoms with Crippen LogP contribution in [-0.4, -0.2) is 46.7 Å². The SMILES string of the molecule is CC(=O)[O-].CC(=O)[O-].CC(C)Cc1ccc(O)c(C=NC2CCCC(N=Cc3cc(CC(C)C)ccc3O)C2)c1.[Co+2]. The van der Waals surface area contributed by atoms with E-state index in [2.05, 4.69) is 27.7 Å². The topological polar surface area (TPSA) is 145 Å². The quantitative estimate of drug-likeness (QED) is 0.434. The van der Waals surface area contributed by atoms with Gasteiger partial charge in [0.15, 0.2) is 0 Å². The Morgan fingerprint density at radius 3 is 1.46 bits per heavy atom. The van der Waals surface area contributed by atoms with Gasteiger partial charge in [0.05, 0.1) is 12.1 Å². The molecule has 0 saturated heterocycles.